The van der Waals surface area contributed by atoms with Crippen LogP contribution >= 0.6 is 0 Å². The minimum absolute atomic E-state index is 0.165. The lowest BCUT2D eigenvalue weighted by molar-refractivity contribution is -0.146. The Hall–Kier alpha value is -0.830. The quantitative estimate of drug-likeness (QED) is 0.752. The number of carbonyl (C=O) groups is 1. The summed E-state index contributed by atoms with van der Waals surface area (Å²) in [7, 11) is 0. The Morgan fingerprint density at radius 1 is 1.33 bits per heavy atom. The fourth-order valence-electron chi connectivity index (χ4n) is 4.06. The van der Waals surface area contributed by atoms with Gasteiger partial charge in [0.05, 0.1) is 5.92 Å². The molecule has 0 aromatic rings. The molecule has 3 aliphatic carbocycles. The van der Waals surface area contributed by atoms with Crippen LogP contribution in [0, 0.1) is 29.6 Å². The number of allylic oxidation sites excluding steroid dienone is 2. The first-order valence-electron chi connectivity index (χ1n) is 7.31. The third kappa shape index (κ3) is 2.20. The van der Waals surface area contributed by atoms with Crippen LogP contribution in [0.4, 0.5) is 0 Å². The molecule has 100 valence electrons. The van der Waals surface area contributed by atoms with Gasteiger partial charge in [0.1, 0.15) is 0 Å². The number of carboxylic acids is 1. The van der Waals surface area contributed by atoms with Crippen LogP contribution in [0.1, 0.15) is 38.5 Å². The first-order valence-corrected chi connectivity index (χ1v) is 7.31. The maximum atomic E-state index is 11.3. The molecular weight excluding hydrogens is 226 g/mol. The number of hydrogen-bond acceptors (Lipinski definition) is 2. The van der Waals surface area contributed by atoms with Gasteiger partial charge in [0.15, 0.2) is 0 Å². The molecule has 2 saturated carbocycles. The summed E-state index contributed by atoms with van der Waals surface area (Å²) in [6.07, 6.45) is 9.56. The van der Waals surface area contributed by atoms with Crippen LogP contribution in [0.5, 0.6) is 0 Å². The van der Waals surface area contributed by atoms with Crippen molar-refractivity contribution in [3.63, 3.8) is 0 Å². The highest BCUT2D eigenvalue weighted by Crippen LogP contribution is 2.49. The molecule has 2 unspecified atom stereocenters. The van der Waals surface area contributed by atoms with Gasteiger partial charge in [-0.3, -0.25) is 4.79 Å². The highest BCUT2D eigenvalue weighted by Gasteiger charge is 2.43. The largest absolute Gasteiger partial charge is 0.481 e. The molecular formula is C15H23NO2. The first-order chi connectivity index (χ1) is 8.69. The van der Waals surface area contributed by atoms with E-state index in [1.165, 1.54) is 25.7 Å². The van der Waals surface area contributed by atoms with Crippen molar-refractivity contribution in [3.8, 4) is 0 Å². The number of carboxylic acid groups (broad SMARTS) is 1. The molecule has 0 bridgehead atoms. The second kappa shape index (κ2) is 4.69. The van der Waals surface area contributed by atoms with E-state index < -0.39 is 5.97 Å². The number of fused-ring (bicyclic) bond motifs is 1. The molecule has 0 aromatic carbocycles. The molecule has 3 rings (SSSR count). The molecule has 0 spiro atoms. The van der Waals surface area contributed by atoms with E-state index in [2.05, 4.69) is 6.08 Å². The molecule has 3 heteroatoms. The molecule has 3 aliphatic rings. The van der Waals surface area contributed by atoms with E-state index in [1.54, 1.807) is 5.57 Å². The third-order valence-corrected chi connectivity index (χ3v) is 5.19. The summed E-state index contributed by atoms with van der Waals surface area (Å²) in [4.78, 5) is 11.3. The lowest BCUT2D eigenvalue weighted by Crippen LogP contribution is -2.40. The normalized spacial score (nSPS) is 39.3. The summed E-state index contributed by atoms with van der Waals surface area (Å²) in [6, 6.07) is 0. The Morgan fingerprint density at radius 2 is 2.11 bits per heavy atom. The van der Waals surface area contributed by atoms with Crippen molar-refractivity contribution in [1.29, 1.82) is 0 Å². The average molecular weight is 249 g/mol. The van der Waals surface area contributed by atoms with Gasteiger partial charge >= 0.3 is 5.97 Å². The molecule has 0 amide bonds. The van der Waals surface area contributed by atoms with Crippen molar-refractivity contribution in [2.24, 2.45) is 35.3 Å². The summed E-state index contributed by atoms with van der Waals surface area (Å²) < 4.78 is 0. The molecule has 2 fully saturated rings. The monoisotopic (exact) mass is 249 g/mol. The topological polar surface area (TPSA) is 63.3 Å². The Bertz CT molecular complexity index is 373. The molecule has 18 heavy (non-hydrogen) atoms. The molecule has 0 radical (unpaired) electrons. The van der Waals surface area contributed by atoms with Gasteiger partial charge in [-0.25, -0.2) is 0 Å². The minimum atomic E-state index is -0.645. The lowest BCUT2D eigenvalue weighted by atomic mass is 9.68. The van der Waals surface area contributed by atoms with Gasteiger partial charge in [0, 0.05) is 0 Å². The van der Waals surface area contributed by atoms with Crippen molar-refractivity contribution < 1.29 is 9.90 Å². The van der Waals surface area contributed by atoms with Crippen molar-refractivity contribution in [3.05, 3.63) is 11.6 Å². The average Bonchev–Trinajstić information content (AvgIpc) is 3.05. The zero-order chi connectivity index (χ0) is 12.7. The van der Waals surface area contributed by atoms with Crippen LogP contribution in [0.15, 0.2) is 11.6 Å². The third-order valence-electron chi connectivity index (χ3n) is 5.19. The van der Waals surface area contributed by atoms with E-state index in [-0.39, 0.29) is 11.8 Å². The van der Waals surface area contributed by atoms with Crippen molar-refractivity contribution in [1.82, 2.24) is 0 Å². The smallest absolute Gasteiger partial charge is 0.306 e. The van der Waals surface area contributed by atoms with Crippen LogP contribution < -0.4 is 5.73 Å². The fraction of sp³-hybridized carbons (Fsp3) is 0.800. The van der Waals surface area contributed by atoms with E-state index in [9.17, 15) is 9.90 Å². The van der Waals surface area contributed by atoms with Crippen LogP contribution in [-0.2, 0) is 4.79 Å². The molecule has 0 saturated heterocycles. The van der Waals surface area contributed by atoms with Crippen molar-refractivity contribution in [2.75, 3.05) is 6.54 Å². The van der Waals surface area contributed by atoms with Gasteiger partial charge in [-0.2, -0.15) is 0 Å². The van der Waals surface area contributed by atoms with E-state index in [1.807, 2.05) is 0 Å². The maximum Gasteiger partial charge on any atom is 0.306 e. The zero-order valence-corrected chi connectivity index (χ0v) is 10.8. The van der Waals surface area contributed by atoms with Gasteiger partial charge in [-0.1, -0.05) is 11.6 Å². The molecule has 3 N–H and O–H groups in total. The predicted molar refractivity (Wildman–Crippen MR) is 69.9 cm³/mol. The zero-order valence-electron chi connectivity index (χ0n) is 10.8. The van der Waals surface area contributed by atoms with Gasteiger partial charge in [0.2, 0.25) is 0 Å². The Kier molecular flexibility index (Phi) is 3.18. The van der Waals surface area contributed by atoms with E-state index in [4.69, 9.17) is 5.73 Å². The SMILES string of the molecule is NCC1C(C(=O)O)CC[C@H]2CC(CC3CC3)=C[C@@H]12. The lowest BCUT2D eigenvalue weighted by Gasteiger charge is -2.37. The van der Waals surface area contributed by atoms with Gasteiger partial charge in [-0.15, -0.1) is 0 Å². The molecule has 4 atom stereocenters. The number of nitrogens with two attached hydrogens (primary N) is 1. The van der Waals surface area contributed by atoms with Gasteiger partial charge in [-0.05, 0) is 68.7 Å². The van der Waals surface area contributed by atoms with Crippen molar-refractivity contribution >= 4 is 5.97 Å². The maximum absolute atomic E-state index is 11.3. The Morgan fingerprint density at radius 3 is 2.72 bits per heavy atom. The van der Waals surface area contributed by atoms with Gasteiger partial charge < -0.3 is 10.8 Å². The summed E-state index contributed by atoms with van der Waals surface area (Å²) in [5.74, 6) is 1.36. The second-order valence-electron chi connectivity index (χ2n) is 6.44. The highest BCUT2D eigenvalue weighted by atomic mass is 16.4. The first kappa shape index (κ1) is 12.2. The summed E-state index contributed by atoms with van der Waals surface area (Å²) >= 11 is 0. The fourth-order valence-corrected chi connectivity index (χ4v) is 4.06. The number of aliphatic carboxylic acids is 1. The van der Waals surface area contributed by atoms with E-state index >= 15 is 0 Å². The second-order valence-corrected chi connectivity index (χ2v) is 6.44. The standard InChI is InChI=1S/C15H23NO2/c16-8-14-12(15(17)18)4-3-11-6-10(7-13(11)14)5-9-1-2-9/h7,9,11-14H,1-6,8,16H2,(H,17,18)/t11-,12?,13+,14?/m0/s1. The molecule has 3 nitrogen and oxygen atoms in total. The van der Waals surface area contributed by atoms with E-state index in [0.717, 1.165) is 18.8 Å². The highest BCUT2D eigenvalue weighted by molar-refractivity contribution is 5.70. The summed E-state index contributed by atoms with van der Waals surface area (Å²) in [5, 5.41) is 9.30. The van der Waals surface area contributed by atoms with Crippen molar-refractivity contribution in [2.45, 2.75) is 38.5 Å². The van der Waals surface area contributed by atoms with Crippen LogP contribution in [0.2, 0.25) is 0 Å². The summed E-state index contributed by atoms with van der Waals surface area (Å²) in [6.45, 7) is 0.519. The van der Waals surface area contributed by atoms with E-state index in [0.29, 0.717) is 18.4 Å². The van der Waals surface area contributed by atoms with Crippen LogP contribution in [0.3, 0.4) is 0 Å². The Balaban J connectivity index is 1.73. The predicted octanol–water partition coefficient (Wildman–Crippen LogP) is 2.42. The summed E-state index contributed by atoms with van der Waals surface area (Å²) in [5.41, 5.74) is 7.45. The number of hydrogen-bond donors (Lipinski definition) is 2. The van der Waals surface area contributed by atoms with Gasteiger partial charge in [0.25, 0.3) is 0 Å². The Labute approximate surface area is 108 Å². The molecule has 0 heterocycles. The molecule has 0 aliphatic heterocycles. The number of rotatable bonds is 4. The minimum Gasteiger partial charge on any atom is -0.481 e. The van der Waals surface area contributed by atoms with Crippen LogP contribution in [0.25, 0.3) is 0 Å². The molecule has 0 aromatic heterocycles. The van der Waals surface area contributed by atoms with Crippen LogP contribution in [-0.4, -0.2) is 17.6 Å².